The summed E-state index contributed by atoms with van der Waals surface area (Å²) in [5, 5.41) is 13.4. The van der Waals surface area contributed by atoms with E-state index in [0.717, 1.165) is 35.3 Å². The summed E-state index contributed by atoms with van der Waals surface area (Å²) >= 11 is 18.6. The average molecular weight is 460 g/mol. The Kier molecular flexibility index (Phi) is 8.38. The van der Waals surface area contributed by atoms with Crippen LogP contribution in [0.1, 0.15) is 25.5 Å². The number of aliphatic hydroxyl groups is 1. The van der Waals surface area contributed by atoms with Crippen LogP contribution in [0.5, 0.6) is 0 Å². The minimum absolute atomic E-state index is 0. The van der Waals surface area contributed by atoms with Crippen molar-refractivity contribution in [3.05, 3.63) is 63.1 Å². The minimum atomic E-state index is -0.684. The minimum Gasteiger partial charge on any atom is -0.387 e. The predicted octanol–water partition coefficient (Wildman–Crippen LogP) is 6.66. The van der Waals surface area contributed by atoms with Gasteiger partial charge in [-0.25, -0.2) is 4.98 Å². The molecule has 1 unspecified atom stereocenters. The van der Waals surface area contributed by atoms with Crippen LogP contribution in [-0.2, 0) is 0 Å². The first kappa shape index (κ1) is 23.2. The normalized spacial score (nSPS) is 12.2. The lowest BCUT2D eigenvalue weighted by Crippen LogP contribution is -2.28. The van der Waals surface area contributed by atoms with Gasteiger partial charge in [0.05, 0.1) is 22.3 Å². The van der Waals surface area contributed by atoms with Crippen molar-refractivity contribution in [1.82, 2.24) is 9.88 Å². The lowest BCUT2D eigenvalue weighted by Gasteiger charge is -2.23. The van der Waals surface area contributed by atoms with Crippen molar-refractivity contribution in [2.24, 2.45) is 0 Å². The van der Waals surface area contributed by atoms with Gasteiger partial charge in [0.25, 0.3) is 0 Å². The van der Waals surface area contributed by atoms with Crippen LogP contribution in [0.4, 0.5) is 0 Å². The molecule has 0 aliphatic heterocycles. The number of aromatic nitrogens is 1. The highest BCUT2D eigenvalue weighted by molar-refractivity contribution is 6.38. The van der Waals surface area contributed by atoms with E-state index in [1.165, 1.54) is 0 Å². The number of aliphatic hydroxyl groups excluding tert-OH is 1. The number of nitrogens with zero attached hydrogens (tertiary/aromatic N) is 2. The van der Waals surface area contributed by atoms with E-state index in [2.05, 4.69) is 18.7 Å². The zero-order chi connectivity index (χ0) is 19.6. The van der Waals surface area contributed by atoms with Gasteiger partial charge in [-0.15, -0.1) is 12.4 Å². The van der Waals surface area contributed by atoms with Gasteiger partial charge in [-0.1, -0.05) is 60.8 Å². The molecule has 3 aromatic rings. The number of hydrogen-bond donors (Lipinski definition) is 1. The summed E-state index contributed by atoms with van der Waals surface area (Å²) in [5.41, 5.74) is 3.03. The Hall–Kier alpha value is -1.07. The third kappa shape index (κ3) is 5.10. The second-order valence-electron chi connectivity index (χ2n) is 6.39. The van der Waals surface area contributed by atoms with E-state index >= 15 is 0 Å². The standard InChI is InChI=1S/C21H21Cl3N2O.ClH/c1-3-26(4-2)12-20(27)16-11-19(13-5-7-14(22)8-6-13)25-21-17(16)9-15(23)10-18(21)24;/h5-11,20,27H,3-4,12H2,1-2H3;1H. The molecule has 0 saturated carbocycles. The van der Waals surface area contributed by atoms with Crippen molar-refractivity contribution in [1.29, 1.82) is 0 Å². The molecule has 1 aromatic heterocycles. The van der Waals surface area contributed by atoms with Gasteiger partial charge in [0.1, 0.15) is 0 Å². The number of likely N-dealkylation sites (N-methyl/N-ethyl adjacent to an activating group) is 1. The summed E-state index contributed by atoms with van der Waals surface area (Å²) in [6, 6.07) is 12.8. The van der Waals surface area contributed by atoms with Crippen molar-refractivity contribution in [3.63, 3.8) is 0 Å². The number of pyridine rings is 1. The van der Waals surface area contributed by atoms with E-state index in [4.69, 9.17) is 39.8 Å². The molecule has 1 atom stereocenters. The van der Waals surface area contributed by atoms with Crippen molar-refractivity contribution in [2.45, 2.75) is 20.0 Å². The van der Waals surface area contributed by atoms with Crippen LogP contribution in [0.15, 0.2) is 42.5 Å². The molecule has 7 heteroatoms. The van der Waals surface area contributed by atoms with Gasteiger partial charge in [0.2, 0.25) is 0 Å². The van der Waals surface area contributed by atoms with Crippen LogP contribution < -0.4 is 0 Å². The summed E-state index contributed by atoms with van der Waals surface area (Å²) in [6.07, 6.45) is -0.684. The fraction of sp³-hybridized carbons (Fsp3) is 0.286. The van der Waals surface area contributed by atoms with Crippen LogP contribution in [0.25, 0.3) is 22.2 Å². The summed E-state index contributed by atoms with van der Waals surface area (Å²) < 4.78 is 0. The van der Waals surface area contributed by atoms with E-state index < -0.39 is 6.10 Å². The molecular weight excluding hydrogens is 438 g/mol. The van der Waals surface area contributed by atoms with E-state index in [0.29, 0.717) is 27.1 Å². The molecule has 150 valence electrons. The van der Waals surface area contributed by atoms with Gasteiger partial charge in [0, 0.05) is 27.5 Å². The number of fused-ring (bicyclic) bond motifs is 1. The third-order valence-corrected chi connectivity index (χ3v) is 5.45. The zero-order valence-electron chi connectivity index (χ0n) is 15.6. The second kappa shape index (κ2) is 10.1. The Morgan fingerprint density at radius 2 is 1.61 bits per heavy atom. The lowest BCUT2D eigenvalue weighted by molar-refractivity contribution is 0.120. The number of hydrogen-bond acceptors (Lipinski definition) is 3. The lowest BCUT2D eigenvalue weighted by atomic mass is 9.99. The first-order valence-corrected chi connectivity index (χ1v) is 10.0. The van der Waals surface area contributed by atoms with Crippen LogP contribution >= 0.6 is 47.2 Å². The summed E-state index contributed by atoms with van der Waals surface area (Å²) in [7, 11) is 0. The largest absolute Gasteiger partial charge is 0.387 e. The molecule has 3 nitrogen and oxygen atoms in total. The number of benzene rings is 2. The van der Waals surface area contributed by atoms with Crippen molar-refractivity contribution in [2.75, 3.05) is 19.6 Å². The van der Waals surface area contributed by atoms with Crippen molar-refractivity contribution >= 4 is 58.1 Å². The Balaban J connectivity index is 0.00000280. The third-order valence-electron chi connectivity index (χ3n) is 4.69. The SMILES string of the molecule is CCN(CC)CC(O)c1cc(-c2ccc(Cl)cc2)nc2c(Cl)cc(Cl)cc12.Cl. The molecule has 0 spiro atoms. The average Bonchev–Trinajstić information content (AvgIpc) is 2.65. The van der Waals surface area contributed by atoms with Crippen LogP contribution in [0.3, 0.4) is 0 Å². The van der Waals surface area contributed by atoms with Gasteiger partial charge in [-0.3, -0.25) is 0 Å². The summed E-state index contributed by atoms with van der Waals surface area (Å²) in [5.74, 6) is 0. The number of halogens is 4. The highest BCUT2D eigenvalue weighted by atomic mass is 35.5. The van der Waals surface area contributed by atoms with Gasteiger partial charge >= 0.3 is 0 Å². The molecule has 1 N–H and O–H groups in total. The number of rotatable bonds is 6. The highest BCUT2D eigenvalue weighted by Gasteiger charge is 2.19. The molecule has 0 aliphatic carbocycles. The molecule has 0 radical (unpaired) electrons. The zero-order valence-corrected chi connectivity index (χ0v) is 18.7. The predicted molar refractivity (Wildman–Crippen MR) is 122 cm³/mol. The molecule has 1 heterocycles. The van der Waals surface area contributed by atoms with Crippen LogP contribution in [-0.4, -0.2) is 34.6 Å². The molecule has 0 bridgehead atoms. The van der Waals surface area contributed by atoms with E-state index in [1.807, 2.05) is 36.4 Å². The molecule has 3 rings (SSSR count). The fourth-order valence-electron chi connectivity index (χ4n) is 3.15. The van der Waals surface area contributed by atoms with Crippen molar-refractivity contribution < 1.29 is 5.11 Å². The van der Waals surface area contributed by atoms with E-state index in [1.54, 1.807) is 6.07 Å². The van der Waals surface area contributed by atoms with Gasteiger partial charge < -0.3 is 10.0 Å². The van der Waals surface area contributed by atoms with Gasteiger partial charge in [-0.2, -0.15) is 0 Å². The first-order chi connectivity index (χ1) is 12.9. The van der Waals surface area contributed by atoms with Crippen LogP contribution in [0, 0.1) is 0 Å². The Labute approximate surface area is 186 Å². The Morgan fingerprint density at radius 1 is 0.964 bits per heavy atom. The maximum absolute atomic E-state index is 11.0. The molecular formula is C21H22Cl4N2O. The Morgan fingerprint density at radius 3 is 2.21 bits per heavy atom. The van der Waals surface area contributed by atoms with E-state index in [9.17, 15) is 5.11 Å². The second-order valence-corrected chi connectivity index (χ2v) is 7.67. The van der Waals surface area contributed by atoms with E-state index in [-0.39, 0.29) is 12.4 Å². The monoisotopic (exact) mass is 458 g/mol. The summed E-state index contributed by atoms with van der Waals surface area (Å²) in [6.45, 7) is 6.40. The highest BCUT2D eigenvalue weighted by Crippen LogP contribution is 2.35. The smallest absolute Gasteiger partial charge is 0.0924 e. The molecule has 2 aromatic carbocycles. The molecule has 0 fully saturated rings. The molecule has 28 heavy (non-hydrogen) atoms. The Bertz CT molecular complexity index is 943. The topological polar surface area (TPSA) is 36.4 Å². The van der Waals surface area contributed by atoms with Gasteiger partial charge in [-0.05, 0) is 49.0 Å². The molecule has 0 amide bonds. The fourth-order valence-corrected chi connectivity index (χ4v) is 3.81. The summed E-state index contributed by atoms with van der Waals surface area (Å²) in [4.78, 5) is 6.89. The molecule has 0 saturated heterocycles. The van der Waals surface area contributed by atoms with Crippen LogP contribution in [0.2, 0.25) is 15.1 Å². The molecule has 0 aliphatic rings. The van der Waals surface area contributed by atoms with Gasteiger partial charge in [0.15, 0.2) is 0 Å². The first-order valence-electron chi connectivity index (χ1n) is 8.89. The quantitative estimate of drug-likeness (QED) is 0.447. The maximum Gasteiger partial charge on any atom is 0.0924 e. The maximum atomic E-state index is 11.0. The van der Waals surface area contributed by atoms with Crippen molar-refractivity contribution in [3.8, 4) is 11.3 Å².